The van der Waals surface area contributed by atoms with E-state index in [0.717, 1.165) is 10.0 Å². The van der Waals surface area contributed by atoms with Crippen molar-refractivity contribution < 1.29 is 4.79 Å². The fourth-order valence-corrected chi connectivity index (χ4v) is 3.03. The number of H-pyrrole nitrogens is 1. The van der Waals surface area contributed by atoms with Gasteiger partial charge in [-0.3, -0.25) is 19.0 Å². The molecule has 1 aromatic heterocycles. The average Bonchev–Trinajstić information content (AvgIpc) is 2.54. The first-order valence-corrected chi connectivity index (χ1v) is 8.03. The third-order valence-electron chi connectivity index (χ3n) is 3.58. The minimum atomic E-state index is -0.758. The Balaban J connectivity index is 1.95. The van der Waals surface area contributed by atoms with E-state index < -0.39 is 17.0 Å². The van der Waals surface area contributed by atoms with Crippen LogP contribution in [-0.2, 0) is 11.3 Å². The number of aromatic nitrogens is 2. The number of benzene rings is 2. The Labute approximate surface area is 145 Å². The van der Waals surface area contributed by atoms with Gasteiger partial charge in [-0.25, -0.2) is 0 Å². The minimum Gasteiger partial charge on any atom is -0.324 e. The molecule has 0 atom stereocenters. The number of para-hydroxylation sites is 2. The van der Waals surface area contributed by atoms with Gasteiger partial charge in [-0.2, -0.15) is 0 Å². The average molecular weight is 388 g/mol. The number of hydrogen-bond acceptors (Lipinski definition) is 3. The van der Waals surface area contributed by atoms with Crippen molar-refractivity contribution in [1.29, 1.82) is 0 Å². The van der Waals surface area contributed by atoms with Crippen LogP contribution < -0.4 is 16.4 Å². The Hall–Kier alpha value is -2.67. The van der Waals surface area contributed by atoms with Gasteiger partial charge in [-0.05, 0) is 52.7 Å². The zero-order valence-corrected chi connectivity index (χ0v) is 14.4. The van der Waals surface area contributed by atoms with Gasteiger partial charge < -0.3 is 10.3 Å². The topological polar surface area (TPSA) is 84.0 Å². The monoisotopic (exact) mass is 387 g/mol. The second-order valence-corrected chi connectivity index (χ2v) is 6.25. The zero-order valence-electron chi connectivity index (χ0n) is 12.8. The zero-order chi connectivity index (χ0) is 17.3. The van der Waals surface area contributed by atoms with E-state index in [0.29, 0.717) is 16.7 Å². The van der Waals surface area contributed by atoms with Gasteiger partial charge in [-0.15, -0.1) is 0 Å². The maximum atomic E-state index is 12.3. The molecule has 2 N–H and O–H groups in total. The Morgan fingerprint density at radius 3 is 2.71 bits per heavy atom. The maximum Gasteiger partial charge on any atom is 0.317 e. The Bertz CT molecular complexity index is 1050. The highest BCUT2D eigenvalue weighted by Gasteiger charge is 2.12. The summed E-state index contributed by atoms with van der Waals surface area (Å²) in [4.78, 5) is 38.7. The molecular weight excluding hydrogens is 374 g/mol. The van der Waals surface area contributed by atoms with E-state index in [1.807, 2.05) is 19.1 Å². The van der Waals surface area contributed by atoms with Crippen LogP contribution in [0.4, 0.5) is 5.69 Å². The van der Waals surface area contributed by atoms with Gasteiger partial charge in [0.2, 0.25) is 5.91 Å². The van der Waals surface area contributed by atoms with Crippen molar-refractivity contribution in [2.24, 2.45) is 0 Å². The summed E-state index contributed by atoms with van der Waals surface area (Å²) in [5, 5.41) is 2.74. The van der Waals surface area contributed by atoms with Crippen LogP contribution in [0.15, 0.2) is 56.5 Å². The van der Waals surface area contributed by atoms with E-state index in [1.54, 1.807) is 30.3 Å². The van der Waals surface area contributed by atoms with Gasteiger partial charge in [0.1, 0.15) is 6.54 Å². The van der Waals surface area contributed by atoms with Gasteiger partial charge in [0.25, 0.3) is 0 Å². The number of rotatable bonds is 3. The summed E-state index contributed by atoms with van der Waals surface area (Å²) in [6, 6.07) is 12.4. The molecule has 3 aromatic rings. The van der Waals surface area contributed by atoms with Gasteiger partial charge in [0, 0.05) is 4.47 Å². The summed E-state index contributed by atoms with van der Waals surface area (Å²) >= 11 is 3.39. The van der Waals surface area contributed by atoms with Crippen molar-refractivity contribution in [3.8, 4) is 0 Å². The number of amides is 1. The number of nitrogens with zero attached hydrogens (tertiary/aromatic N) is 1. The van der Waals surface area contributed by atoms with Crippen molar-refractivity contribution in [2.75, 3.05) is 5.32 Å². The summed E-state index contributed by atoms with van der Waals surface area (Å²) in [6.45, 7) is 1.70. The highest BCUT2D eigenvalue weighted by molar-refractivity contribution is 9.10. The second kappa shape index (κ2) is 6.45. The van der Waals surface area contributed by atoms with Crippen LogP contribution in [0.25, 0.3) is 11.0 Å². The van der Waals surface area contributed by atoms with Crippen LogP contribution in [0, 0.1) is 6.92 Å². The smallest absolute Gasteiger partial charge is 0.317 e. The van der Waals surface area contributed by atoms with Crippen molar-refractivity contribution in [2.45, 2.75) is 13.5 Å². The summed E-state index contributed by atoms with van der Waals surface area (Å²) in [5.41, 5.74) is 1.15. The van der Waals surface area contributed by atoms with E-state index >= 15 is 0 Å². The van der Waals surface area contributed by atoms with Gasteiger partial charge >= 0.3 is 11.1 Å². The molecule has 0 aliphatic heterocycles. The van der Waals surface area contributed by atoms with Crippen molar-refractivity contribution in [3.63, 3.8) is 0 Å². The Morgan fingerprint density at radius 2 is 1.96 bits per heavy atom. The van der Waals surface area contributed by atoms with Crippen LogP contribution >= 0.6 is 15.9 Å². The lowest BCUT2D eigenvalue weighted by atomic mass is 10.2. The van der Waals surface area contributed by atoms with E-state index in [-0.39, 0.29) is 6.54 Å². The number of nitrogens with one attached hydrogen (secondary N) is 2. The summed E-state index contributed by atoms with van der Waals surface area (Å²) < 4.78 is 1.92. The first-order valence-electron chi connectivity index (χ1n) is 7.23. The number of carbonyl (C=O) groups excluding carboxylic acids is 1. The predicted molar refractivity (Wildman–Crippen MR) is 96.3 cm³/mol. The van der Waals surface area contributed by atoms with Crippen molar-refractivity contribution in [1.82, 2.24) is 9.55 Å². The van der Waals surface area contributed by atoms with Gasteiger partial charge in [0.15, 0.2) is 0 Å². The standard InChI is InChI=1S/C17H14BrN3O3/c1-10-6-7-12(11(18)8-10)19-15(22)9-21-14-5-3-2-4-13(14)20-16(23)17(21)24/h2-8H,9H2,1H3,(H,19,22)(H,20,23). The third kappa shape index (κ3) is 3.16. The van der Waals surface area contributed by atoms with E-state index in [1.165, 1.54) is 4.57 Å². The quantitative estimate of drug-likeness (QED) is 0.676. The van der Waals surface area contributed by atoms with E-state index in [2.05, 4.69) is 26.2 Å². The number of anilines is 1. The first-order chi connectivity index (χ1) is 11.5. The highest BCUT2D eigenvalue weighted by atomic mass is 79.9. The van der Waals surface area contributed by atoms with Crippen molar-refractivity contribution >= 4 is 38.6 Å². The summed E-state index contributed by atoms with van der Waals surface area (Å²) in [7, 11) is 0. The molecular formula is C17H14BrN3O3. The van der Waals surface area contributed by atoms with Gasteiger partial charge in [0.05, 0.1) is 16.7 Å². The number of hydrogen-bond donors (Lipinski definition) is 2. The lowest BCUT2D eigenvalue weighted by Crippen LogP contribution is -2.38. The van der Waals surface area contributed by atoms with Crippen LogP contribution in [0.1, 0.15) is 5.56 Å². The molecule has 24 heavy (non-hydrogen) atoms. The fourth-order valence-electron chi connectivity index (χ4n) is 2.43. The second-order valence-electron chi connectivity index (χ2n) is 5.39. The molecule has 3 rings (SSSR count). The number of aromatic amines is 1. The largest absolute Gasteiger partial charge is 0.324 e. The van der Waals surface area contributed by atoms with Crippen LogP contribution in [0.2, 0.25) is 0 Å². The summed E-state index contributed by atoms with van der Waals surface area (Å²) in [6.07, 6.45) is 0. The molecule has 1 heterocycles. The molecule has 0 unspecified atom stereocenters. The number of aryl methyl sites for hydroxylation is 1. The molecule has 0 saturated heterocycles. The number of halogens is 1. The SMILES string of the molecule is Cc1ccc(NC(=O)Cn2c(=O)c(=O)[nH]c3ccccc32)c(Br)c1. The minimum absolute atomic E-state index is 0.246. The van der Waals surface area contributed by atoms with Crippen LogP contribution in [-0.4, -0.2) is 15.5 Å². The molecule has 0 bridgehead atoms. The maximum absolute atomic E-state index is 12.3. The predicted octanol–water partition coefficient (Wildman–Crippen LogP) is 2.40. The number of carbonyl (C=O) groups is 1. The molecule has 0 spiro atoms. The molecule has 0 aliphatic carbocycles. The van der Waals surface area contributed by atoms with Crippen molar-refractivity contribution in [3.05, 3.63) is 73.2 Å². The molecule has 1 amide bonds. The lowest BCUT2D eigenvalue weighted by Gasteiger charge is -2.11. The molecule has 7 heteroatoms. The normalized spacial score (nSPS) is 10.8. The molecule has 2 aromatic carbocycles. The van der Waals surface area contributed by atoms with Crippen LogP contribution in [0.3, 0.4) is 0 Å². The third-order valence-corrected chi connectivity index (χ3v) is 4.24. The van der Waals surface area contributed by atoms with Crippen LogP contribution in [0.5, 0.6) is 0 Å². The lowest BCUT2D eigenvalue weighted by molar-refractivity contribution is -0.116. The molecule has 0 fully saturated rings. The Morgan fingerprint density at radius 1 is 1.21 bits per heavy atom. The van der Waals surface area contributed by atoms with E-state index in [4.69, 9.17) is 0 Å². The molecule has 0 radical (unpaired) electrons. The van der Waals surface area contributed by atoms with Gasteiger partial charge in [-0.1, -0.05) is 18.2 Å². The molecule has 0 saturated carbocycles. The molecule has 122 valence electrons. The molecule has 0 aliphatic rings. The summed E-state index contributed by atoms with van der Waals surface area (Å²) in [5.74, 6) is -0.391. The number of fused-ring (bicyclic) bond motifs is 1. The molecule has 6 nitrogen and oxygen atoms in total. The first kappa shape index (κ1) is 16.2. The fraction of sp³-hybridized carbons (Fsp3) is 0.118. The Kier molecular flexibility index (Phi) is 4.35. The highest BCUT2D eigenvalue weighted by Crippen LogP contribution is 2.23. The van der Waals surface area contributed by atoms with E-state index in [9.17, 15) is 14.4 Å².